The highest BCUT2D eigenvalue weighted by molar-refractivity contribution is 14.0. The van der Waals surface area contributed by atoms with Crippen molar-refractivity contribution >= 4 is 46.5 Å². The fraction of sp³-hybridized carbons (Fsp3) is 0.304. The molecule has 0 amide bonds. The van der Waals surface area contributed by atoms with Gasteiger partial charge >= 0.3 is 0 Å². The van der Waals surface area contributed by atoms with E-state index in [0.717, 1.165) is 56.3 Å². The van der Waals surface area contributed by atoms with Crippen molar-refractivity contribution in [2.24, 2.45) is 4.99 Å². The Hall–Kier alpha value is -2.55. The van der Waals surface area contributed by atoms with Crippen LogP contribution in [0.5, 0.6) is 5.75 Å². The highest BCUT2D eigenvalue weighted by Gasteiger charge is 2.21. The van der Waals surface area contributed by atoms with Crippen LogP contribution in [-0.4, -0.2) is 60.7 Å². The zero-order chi connectivity index (χ0) is 20.1. The zero-order valence-electron chi connectivity index (χ0n) is 17.2. The van der Waals surface area contributed by atoms with Crippen molar-refractivity contribution in [3.8, 4) is 5.75 Å². The summed E-state index contributed by atoms with van der Waals surface area (Å²) in [4.78, 5) is 13.5. The molecule has 2 heterocycles. The Morgan fingerprint density at radius 2 is 1.80 bits per heavy atom. The summed E-state index contributed by atoms with van der Waals surface area (Å²) in [7, 11) is 1.83. The molecule has 6 nitrogen and oxygen atoms in total. The van der Waals surface area contributed by atoms with E-state index < -0.39 is 0 Å². The number of aliphatic imine (C=N–C) groups is 1. The molecule has 0 radical (unpaired) electrons. The Bertz CT molecular complexity index is 996. The molecule has 0 saturated carbocycles. The number of para-hydroxylation sites is 3. The van der Waals surface area contributed by atoms with E-state index >= 15 is 0 Å². The molecule has 1 aromatic heterocycles. The van der Waals surface area contributed by atoms with Gasteiger partial charge in [0.2, 0.25) is 0 Å². The number of nitrogens with one attached hydrogen (secondary N) is 1. The Morgan fingerprint density at radius 1 is 1.03 bits per heavy atom. The number of aromatic hydroxyl groups is 1. The third-order valence-electron chi connectivity index (χ3n) is 5.41. The maximum atomic E-state index is 10.1. The number of guanidine groups is 1. The average molecular weight is 517 g/mol. The van der Waals surface area contributed by atoms with E-state index in [9.17, 15) is 5.11 Å². The van der Waals surface area contributed by atoms with E-state index in [1.54, 1.807) is 6.07 Å². The lowest BCUT2D eigenvalue weighted by Gasteiger charge is -2.37. The summed E-state index contributed by atoms with van der Waals surface area (Å²) in [5.74, 6) is 1.27. The number of hydrogen-bond acceptors (Lipinski definition) is 4. The third-order valence-corrected chi connectivity index (χ3v) is 5.41. The summed E-state index contributed by atoms with van der Waals surface area (Å²) in [6, 6.07) is 17.9. The Balaban J connectivity index is 0.00000256. The number of benzene rings is 2. The molecule has 7 heteroatoms. The summed E-state index contributed by atoms with van der Waals surface area (Å²) >= 11 is 0. The van der Waals surface area contributed by atoms with Crippen LogP contribution in [0.1, 0.15) is 5.56 Å². The van der Waals surface area contributed by atoms with E-state index in [0.29, 0.717) is 5.75 Å². The molecule has 1 aliphatic rings. The predicted octanol–water partition coefficient (Wildman–Crippen LogP) is 3.50. The molecule has 0 aliphatic carbocycles. The molecule has 2 aromatic carbocycles. The molecule has 30 heavy (non-hydrogen) atoms. The molecule has 0 atom stereocenters. The molecular formula is C23H28IN5O. The number of fused-ring (bicyclic) bond motifs is 1. The van der Waals surface area contributed by atoms with E-state index in [-0.39, 0.29) is 24.0 Å². The van der Waals surface area contributed by atoms with Crippen LogP contribution in [0, 0.1) is 0 Å². The number of rotatable bonds is 4. The van der Waals surface area contributed by atoms with Crippen LogP contribution in [0.2, 0.25) is 0 Å². The number of phenolic OH excluding ortho intramolecular Hbond substituents is 1. The molecule has 158 valence electrons. The van der Waals surface area contributed by atoms with Gasteiger partial charge in [0.05, 0.1) is 11.2 Å². The van der Waals surface area contributed by atoms with Gasteiger partial charge in [-0.3, -0.25) is 9.98 Å². The molecule has 0 bridgehead atoms. The highest BCUT2D eigenvalue weighted by atomic mass is 127. The first-order valence-corrected chi connectivity index (χ1v) is 10.1. The lowest BCUT2D eigenvalue weighted by atomic mass is 10.1. The number of hydrogen-bond donors (Lipinski definition) is 2. The van der Waals surface area contributed by atoms with E-state index in [1.165, 1.54) is 10.9 Å². The van der Waals surface area contributed by atoms with E-state index in [1.807, 2.05) is 37.5 Å². The SMILES string of the molecule is CN=C(NCCc1cccc2cccnc12)N1CCN(c2ccccc2O)CC1.I. The fourth-order valence-electron chi connectivity index (χ4n) is 3.90. The van der Waals surface area contributed by atoms with Gasteiger partial charge in [0.1, 0.15) is 5.75 Å². The fourth-order valence-corrected chi connectivity index (χ4v) is 3.90. The summed E-state index contributed by atoms with van der Waals surface area (Å²) in [6.45, 7) is 4.24. The topological polar surface area (TPSA) is 64.0 Å². The highest BCUT2D eigenvalue weighted by Crippen LogP contribution is 2.27. The van der Waals surface area contributed by atoms with Crippen molar-refractivity contribution in [3.63, 3.8) is 0 Å². The largest absolute Gasteiger partial charge is 0.506 e. The average Bonchev–Trinajstić information content (AvgIpc) is 2.77. The second kappa shape index (κ2) is 10.5. The maximum absolute atomic E-state index is 10.1. The van der Waals surface area contributed by atoms with Crippen LogP contribution in [0.4, 0.5) is 5.69 Å². The van der Waals surface area contributed by atoms with Crippen molar-refractivity contribution in [1.82, 2.24) is 15.2 Å². The van der Waals surface area contributed by atoms with Gasteiger partial charge in [-0.1, -0.05) is 36.4 Å². The van der Waals surface area contributed by atoms with Crippen LogP contribution in [0.25, 0.3) is 10.9 Å². The molecule has 0 unspecified atom stereocenters. The Labute approximate surface area is 194 Å². The minimum Gasteiger partial charge on any atom is -0.506 e. The molecule has 0 spiro atoms. The van der Waals surface area contributed by atoms with Gasteiger partial charge < -0.3 is 20.2 Å². The predicted molar refractivity (Wildman–Crippen MR) is 134 cm³/mol. The minimum atomic E-state index is 0. The summed E-state index contributed by atoms with van der Waals surface area (Å²) in [5.41, 5.74) is 3.22. The Kier molecular flexibility index (Phi) is 7.73. The van der Waals surface area contributed by atoms with Crippen LogP contribution < -0.4 is 10.2 Å². The lowest BCUT2D eigenvalue weighted by molar-refractivity contribution is 0.370. The van der Waals surface area contributed by atoms with Gasteiger partial charge in [0.15, 0.2) is 5.96 Å². The van der Waals surface area contributed by atoms with Gasteiger partial charge in [0, 0.05) is 51.4 Å². The van der Waals surface area contributed by atoms with Gasteiger partial charge in [-0.25, -0.2) is 0 Å². The molecule has 3 aromatic rings. The molecule has 2 N–H and O–H groups in total. The summed E-state index contributed by atoms with van der Waals surface area (Å²) in [5, 5.41) is 14.8. The van der Waals surface area contributed by atoms with Crippen molar-refractivity contribution in [3.05, 3.63) is 66.4 Å². The van der Waals surface area contributed by atoms with E-state index in [2.05, 4.69) is 49.4 Å². The standard InChI is InChI=1S/C23H27N5O.HI/c1-24-23(26-13-11-19-7-4-6-18-8-5-12-25-22(18)19)28-16-14-27(15-17-28)20-9-2-3-10-21(20)29;/h2-10,12,29H,11,13-17H2,1H3,(H,24,26);1H. The van der Waals surface area contributed by atoms with Gasteiger partial charge in [-0.15, -0.1) is 24.0 Å². The molecular weight excluding hydrogens is 489 g/mol. The van der Waals surface area contributed by atoms with Gasteiger partial charge in [0.25, 0.3) is 0 Å². The third kappa shape index (κ3) is 4.95. The van der Waals surface area contributed by atoms with Gasteiger partial charge in [-0.05, 0) is 30.2 Å². The quantitative estimate of drug-likeness (QED) is 0.315. The zero-order valence-corrected chi connectivity index (χ0v) is 19.5. The number of phenols is 1. The minimum absolute atomic E-state index is 0. The number of aromatic nitrogens is 1. The first-order valence-electron chi connectivity index (χ1n) is 10.1. The smallest absolute Gasteiger partial charge is 0.193 e. The second-order valence-corrected chi connectivity index (χ2v) is 7.18. The number of halogens is 1. The number of piperazine rings is 1. The van der Waals surface area contributed by atoms with Crippen molar-refractivity contribution < 1.29 is 5.11 Å². The van der Waals surface area contributed by atoms with Crippen molar-refractivity contribution in [1.29, 1.82) is 0 Å². The Morgan fingerprint density at radius 3 is 2.57 bits per heavy atom. The number of nitrogens with zero attached hydrogens (tertiary/aromatic N) is 4. The number of anilines is 1. The lowest BCUT2D eigenvalue weighted by Crippen LogP contribution is -2.52. The van der Waals surface area contributed by atoms with E-state index in [4.69, 9.17) is 0 Å². The summed E-state index contributed by atoms with van der Waals surface area (Å²) in [6.07, 6.45) is 2.74. The second-order valence-electron chi connectivity index (χ2n) is 7.18. The molecule has 1 fully saturated rings. The van der Waals surface area contributed by atoms with Crippen LogP contribution >= 0.6 is 24.0 Å². The van der Waals surface area contributed by atoms with Crippen LogP contribution in [0.3, 0.4) is 0 Å². The summed E-state index contributed by atoms with van der Waals surface area (Å²) < 4.78 is 0. The molecule has 4 rings (SSSR count). The normalized spacial score (nSPS) is 14.5. The van der Waals surface area contributed by atoms with Gasteiger partial charge in [-0.2, -0.15) is 0 Å². The molecule has 1 aliphatic heterocycles. The van der Waals surface area contributed by atoms with Crippen molar-refractivity contribution in [2.75, 3.05) is 44.7 Å². The van der Waals surface area contributed by atoms with Crippen molar-refractivity contribution in [2.45, 2.75) is 6.42 Å². The monoisotopic (exact) mass is 517 g/mol. The maximum Gasteiger partial charge on any atom is 0.193 e. The number of pyridine rings is 1. The van der Waals surface area contributed by atoms with Crippen LogP contribution in [0.15, 0.2) is 65.8 Å². The molecule has 1 saturated heterocycles. The van der Waals surface area contributed by atoms with Crippen LogP contribution in [-0.2, 0) is 6.42 Å². The first-order chi connectivity index (χ1) is 14.3. The first kappa shape index (κ1) is 22.1.